The van der Waals surface area contributed by atoms with Crippen molar-refractivity contribution < 1.29 is 14.6 Å². The van der Waals surface area contributed by atoms with Crippen LogP contribution in [0, 0.1) is 6.92 Å². The van der Waals surface area contributed by atoms with E-state index in [1.165, 1.54) is 7.11 Å². The number of methoxy groups -OCH3 is 1. The van der Waals surface area contributed by atoms with Gasteiger partial charge in [0, 0.05) is 17.6 Å². The lowest BCUT2D eigenvalue weighted by Crippen LogP contribution is -2.45. The Labute approximate surface area is 98.5 Å². The van der Waals surface area contributed by atoms with E-state index in [1.807, 2.05) is 6.92 Å². The number of rotatable bonds is 5. The molecule has 0 unspecified atom stereocenters. The Morgan fingerprint density at radius 2 is 2.44 bits per heavy atom. The number of nitrogens with zero attached hydrogens (tertiary/aromatic N) is 1. The molecule has 0 aliphatic rings. The number of esters is 1. The Balaban J connectivity index is 2.53. The average Bonchev–Trinajstić information content (AvgIpc) is 2.63. The van der Waals surface area contributed by atoms with Gasteiger partial charge in [0.25, 0.3) is 0 Å². The van der Waals surface area contributed by atoms with Crippen molar-refractivity contribution in [2.45, 2.75) is 32.5 Å². The predicted molar refractivity (Wildman–Crippen MR) is 61.2 cm³/mol. The van der Waals surface area contributed by atoms with Crippen LogP contribution in [0.2, 0.25) is 0 Å². The van der Waals surface area contributed by atoms with Gasteiger partial charge < -0.3 is 9.84 Å². The minimum Gasteiger partial charge on any atom is -0.468 e. The van der Waals surface area contributed by atoms with Gasteiger partial charge in [0.2, 0.25) is 0 Å². The fraction of sp³-hybridized carbons (Fsp3) is 0.600. The average molecular weight is 244 g/mol. The number of aryl methyl sites for hydroxylation is 1. The predicted octanol–water partition coefficient (Wildman–Crippen LogP) is 0.464. The van der Waals surface area contributed by atoms with Gasteiger partial charge in [-0.25, -0.2) is 4.98 Å². The Hall–Kier alpha value is -0.980. The van der Waals surface area contributed by atoms with E-state index in [2.05, 4.69) is 15.0 Å². The van der Waals surface area contributed by atoms with Crippen LogP contribution >= 0.6 is 11.3 Å². The molecule has 0 aromatic carbocycles. The molecule has 1 rings (SSSR count). The zero-order valence-corrected chi connectivity index (χ0v) is 10.4. The molecule has 0 fully saturated rings. The van der Waals surface area contributed by atoms with Crippen LogP contribution in [0.4, 0.5) is 0 Å². The Bertz CT molecular complexity index is 352. The normalized spacial score (nSPS) is 14.5. The second-order valence-electron chi connectivity index (χ2n) is 3.47. The van der Waals surface area contributed by atoms with E-state index in [4.69, 9.17) is 0 Å². The van der Waals surface area contributed by atoms with Crippen molar-refractivity contribution in [1.82, 2.24) is 10.3 Å². The highest BCUT2D eigenvalue weighted by atomic mass is 32.1. The highest BCUT2D eigenvalue weighted by molar-refractivity contribution is 7.11. The first-order chi connectivity index (χ1) is 7.54. The molecule has 6 heteroatoms. The first-order valence-corrected chi connectivity index (χ1v) is 5.77. The van der Waals surface area contributed by atoms with E-state index in [0.717, 1.165) is 9.88 Å². The van der Waals surface area contributed by atoms with Gasteiger partial charge >= 0.3 is 5.97 Å². The number of carbonyl (C=O) groups is 1. The zero-order chi connectivity index (χ0) is 12.1. The number of nitrogens with one attached hydrogen (secondary N) is 1. The molecule has 0 saturated heterocycles. The maximum atomic E-state index is 11.3. The highest BCUT2D eigenvalue weighted by Gasteiger charge is 2.23. The molecule has 0 bridgehead atoms. The first-order valence-electron chi connectivity index (χ1n) is 4.95. The second kappa shape index (κ2) is 5.93. The molecule has 1 heterocycles. The van der Waals surface area contributed by atoms with Crippen LogP contribution in [0.1, 0.15) is 16.8 Å². The summed E-state index contributed by atoms with van der Waals surface area (Å²) in [5.41, 5.74) is 0. The molecule has 0 aliphatic heterocycles. The maximum absolute atomic E-state index is 11.3. The van der Waals surface area contributed by atoms with Crippen molar-refractivity contribution >= 4 is 17.3 Å². The molecule has 1 aromatic heterocycles. The smallest absolute Gasteiger partial charge is 0.325 e. The van der Waals surface area contributed by atoms with Crippen molar-refractivity contribution in [1.29, 1.82) is 0 Å². The number of ether oxygens (including phenoxy) is 1. The second-order valence-corrected chi connectivity index (χ2v) is 4.79. The summed E-state index contributed by atoms with van der Waals surface area (Å²) in [4.78, 5) is 16.4. The Kier molecular flexibility index (Phi) is 4.85. The van der Waals surface area contributed by atoms with E-state index >= 15 is 0 Å². The third-order valence-corrected chi connectivity index (χ3v) is 3.02. The van der Waals surface area contributed by atoms with E-state index in [9.17, 15) is 9.90 Å². The summed E-state index contributed by atoms with van der Waals surface area (Å²) in [7, 11) is 1.30. The van der Waals surface area contributed by atoms with E-state index in [1.54, 1.807) is 24.5 Å². The van der Waals surface area contributed by atoms with Gasteiger partial charge in [-0.15, -0.1) is 11.3 Å². The van der Waals surface area contributed by atoms with E-state index in [0.29, 0.717) is 6.54 Å². The van der Waals surface area contributed by atoms with Crippen molar-refractivity contribution in [2.75, 3.05) is 7.11 Å². The summed E-state index contributed by atoms with van der Waals surface area (Å²) in [6.45, 7) is 3.96. The molecule has 2 atom stereocenters. The molecular formula is C10H16N2O3S. The van der Waals surface area contributed by atoms with Gasteiger partial charge in [0.1, 0.15) is 6.04 Å². The summed E-state index contributed by atoms with van der Waals surface area (Å²) in [5, 5.41) is 13.3. The van der Waals surface area contributed by atoms with E-state index in [-0.39, 0.29) is 0 Å². The molecule has 2 N–H and O–H groups in total. The van der Waals surface area contributed by atoms with Gasteiger partial charge in [-0.05, 0) is 13.8 Å². The molecule has 0 aliphatic carbocycles. The van der Waals surface area contributed by atoms with Gasteiger partial charge in [0.05, 0.1) is 18.2 Å². The number of aromatic nitrogens is 1. The van der Waals surface area contributed by atoms with Gasteiger partial charge in [-0.1, -0.05) is 0 Å². The van der Waals surface area contributed by atoms with Crippen molar-refractivity contribution in [3.63, 3.8) is 0 Å². The number of hydrogen-bond acceptors (Lipinski definition) is 6. The van der Waals surface area contributed by atoms with Crippen LogP contribution in [0.25, 0.3) is 0 Å². The molecule has 0 spiro atoms. The summed E-state index contributed by atoms with van der Waals surface area (Å²) >= 11 is 1.55. The number of hydrogen-bond donors (Lipinski definition) is 2. The minimum absolute atomic E-state index is 0.462. The first kappa shape index (κ1) is 13.1. The van der Waals surface area contributed by atoms with Crippen molar-refractivity contribution in [2.24, 2.45) is 0 Å². The minimum atomic E-state index is -0.790. The molecule has 1 aromatic rings. The van der Waals surface area contributed by atoms with Crippen molar-refractivity contribution in [3.05, 3.63) is 16.1 Å². The zero-order valence-electron chi connectivity index (χ0n) is 9.56. The lowest BCUT2D eigenvalue weighted by molar-refractivity contribution is -0.145. The fourth-order valence-corrected chi connectivity index (χ4v) is 2.02. The van der Waals surface area contributed by atoms with Gasteiger partial charge in [-0.2, -0.15) is 0 Å². The van der Waals surface area contributed by atoms with Crippen molar-refractivity contribution in [3.8, 4) is 0 Å². The standard InChI is InChI=1S/C10H16N2O3S/c1-6(13)9(10(14)15-3)12-5-8-4-11-7(2)16-8/h4,6,9,12-13H,5H2,1-3H3/t6-,9-/m1/s1. The molecule has 16 heavy (non-hydrogen) atoms. The molecule has 5 nitrogen and oxygen atoms in total. The number of aliphatic hydroxyl groups is 1. The summed E-state index contributed by atoms with van der Waals surface area (Å²) in [6, 6.07) is -0.701. The lowest BCUT2D eigenvalue weighted by Gasteiger charge is -2.18. The van der Waals surface area contributed by atoms with Crippen LogP contribution in [0.15, 0.2) is 6.20 Å². The Morgan fingerprint density at radius 1 is 1.75 bits per heavy atom. The van der Waals surface area contributed by atoms with E-state index < -0.39 is 18.1 Å². The monoisotopic (exact) mass is 244 g/mol. The fourth-order valence-electron chi connectivity index (χ4n) is 1.28. The summed E-state index contributed by atoms with van der Waals surface area (Å²) in [6.07, 6.45) is 0.963. The van der Waals surface area contributed by atoms with Crippen LogP contribution in [-0.2, 0) is 16.1 Å². The van der Waals surface area contributed by atoms with Crippen LogP contribution in [0.5, 0.6) is 0 Å². The van der Waals surface area contributed by atoms with Gasteiger partial charge in [0.15, 0.2) is 0 Å². The van der Waals surface area contributed by atoms with Crippen LogP contribution in [0.3, 0.4) is 0 Å². The Morgan fingerprint density at radius 3 is 2.88 bits per heavy atom. The number of aliphatic hydroxyl groups excluding tert-OH is 1. The quantitative estimate of drug-likeness (QED) is 0.736. The highest BCUT2D eigenvalue weighted by Crippen LogP contribution is 2.11. The summed E-state index contributed by atoms with van der Waals surface area (Å²) < 4.78 is 4.59. The van der Waals surface area contributed by atoms with Crippen LogP contribution < -0.4 is 5.32 Å². The number of thiazole rings is 1. The molecular weight excluding hydrogens is 228 g/mol. The van der Waals surface area contributed by atoms with Crippen LogP contribution in [-0.4, -0.2) is 35.3 Å². The topological polar surface area (TPSA) is 71.5 Å². The van der Waals surface area contributed by atoms with Gasteiger partial charge in [-0.3, -0.25) is 10.1 Å². The molecule has 0 amide bonds. The largest absolute Gasteiger partial charge is 0.468 e. The third-order valence-electron chi connectivity index (χ3n) is 2.10. The number of carbonyl (C=O) groups excluding carboxylic acids is 1. The maximum Gasteiger partial charge on any atom is 0.325 e. The third kappa shape index (κ3) is 3.55. The SMILES string of the molecule is COC(=O)[C@H](NCc1cnc(C)s1)[C@@H](C)O. The lowest BCUT2D eigenvalue weighted by atomic mass is 10.2. The summed E-state index contributed by atoms with van der Waals surface area (Å²) in [5.74, 6) is -0.462. The molecule has 0 saturated carbocycles. The molecule has 0 radical (unpaired) electrons. The molecule has 90 valence electrons.